The topological polar surface area (TPSA) is 18.5 Å². The third-order valence-electron chi connectivity index (χ3n) is 2.49. The first-order valence-corrected chi connectivity index (χ1v) is 5.12. The Labute approximate surface area is 95.4 Å². The lowest BCUT2D eigenvalue weighted by atomic mass is 10.1. The first kappa shape index (κ1) is 10.6. The summed E-state index contributed by atoms with van der Waals surface area (Å²) in [5.41, 5.74) is 2.29. The molecule has 0 amide bonds. The fourth-order valence-electron chi connectivity index (χ4n) is 1.59. The van der Waals surface area contributed by atoms with Crippen molar-refractivity contribution < 1.29 is 9.47 Å². The summed E-state index contributed by atoms with van der Waals surface area (Å²) >= 11 is 0. The first-order chi connectivity index (χ1) is 7.83. The van der Waals surface area contributed by atoms with E-state index < -0.39 is 0 Å². The van der Waals surface area contributed by atoms with Gasteiger partial charge in [0.05, 0.1) is 14.2 Å². The van der Waals surface area contributed by atoms with Crippen LogP contribution in [0.4, 0.5) is 0 Å². The predicted octanol–water partition coefficient (Wildman–Crippen LogP) is 3.37. The minimum absolute atomic E-state index is 0.867. The number of hydrogen-bond acceptors (Lipinski definition) is 2. The maximum absolute atomic E-state index is 5.20. The highest BCUT2D eigenvalue weighted by atomic mass is 16.5. The van der Waals surface area contributed by atoms with Crippen LogP contribution in [0.3, 0.4) is 0 Å². The molecule has 2 aromatic rings. The minimum atomic E-state index is 0.867. The van der Waals surface area contributed by atoms with Gasteiger partial charge in [-0.15, -0.1) is 0 Å². The van der Waals surface area contributed by atoms with E-state index in [0.717, 1.165) is 22.6 Å². The highest BCUT2D eigenvalue weighted by Gasteiger charge is 1.99. The highest BCUT2D eigenvalue weighted by Crippen LogP contribution is 2.25. The van der Waals surface area contributed by atoms with Crippen molar-refractivity contribution in [2.45, 2.75) is 0 Å². The monoisotopic (exact) mass is 214 g/mol. The Morgan fingerprint density at radius 2 is 1.38 bits per heavy atom. The molecular formula is C14H14O2. The molecule has 0 aliphatic carbocycles. The zero-order valence-electron chi connectivity index (χ0n) is 9.44. The SMILES string of the molecule is COc1ccc(-c2cccc(OC)c2)cc1. The van der Waals surface area contributed by atoms with Gasteiger partial charge >= 0.3 is 0 Å². The second-order valence-electron chi connectivity index (χ2n) is 3.46. The fourth-order valence-corrected chi connectivity index (χ4v) is 1.59. The first-order valence-electron chi connectivity index (χ1n) is 5.12. The van der Waals surface area contributed by atoms with Gasteiger partial charge in [-0.25, -0.2) is 0 Å². The summed E-state index contributed by atoms with van der Waals surface area (Å²) in [5, 5.41) is 0. The van der Waals surface area contributed by atoms with E-state index in [2.05, 4.69) is 6.07 Å². The van der Waals surface area contributed by atoms with Crippen LogP contribution in [-0.2, 0) is 0 Å². The van der Waals surface area contributed by atoms with Gasteiger partial charge < -0.3 is 9.47 Å². The van der Waals surface area contributed by atoms with Gasteiger partial charge in [0, 0.05) is 0 Å². The van der Waals surface area contributed by atoms with Crippen molar-refractivity contribution in [3.05, 3.63) is 48.5 Å². The molecule has 2 aromatic carbocycles. The molecule has 16 heavy (non-hydrogen) atoms. The molecule has 0 aliphatic heterocycles. The minimum Gasteiger partial charge on any atom is -0.497 e. The second-order valence-corrected chi connectivity index (χ2v) is 3.46. The molecule has 0 saturated carbocycles. The lowest BCUT2D eigenvalue weighted by molar-refractivity contribution is 0.414. The summed E-state index contributed by atoms with van der Waals surface area (Å²) in [5.74, 6) is 1.74. The van der Waals surface area contributed by atoms with E-state index in [-0.39, 0.29) is 0 Å². The van der Waals surface area contributed by atoms with Gasteiger partial charge in [0.25, 0.3) is 0 Å². The molecule has 0 aromatic heterocycles. The lowest BCUT2D eigenvalue weighted by Crippen LogP contribution is -1.85. The molecule has 0 saturated heterocycles. The highest BCUT2D eigenvalue weighted by molar-refractivity contribution is 5.65. The fraction of sp³-hybridized carbons (Fsp3) is 0.143. The van der Waals surface area contributed by atoms with Crippen LogP contribution in [-0.4, -0.2) is 14.2 Å². The van der Waals surface area contributed by atoms with Gasteiger partial charge in [-0.2, -0.15) is 0 Å². The summed E-state index contributed by atoms with van der Waals surface area (Å²) in [4.78, 5) is 0. The summed E-state index contributed by atoms with van der Waals surface area (Å²) in [6, 6.07) is 16.0. The average molecular weight is 214 g/mol. The van der Waals surface area contributed by atoms with Crippen molar-refractivity contribution in [2.24, 2.45) is 0 Å². The number of hydrogen-bond donors (Lipinski definition) is 0. The zero-order chi connectivity index (χ0) is 11.4. The molecule has 82 valence electrons. The molecule has 2 rings (SSSR count). The van der Waals surface area contributed by atoms with Crippen LogP contribution in [0.2, 0.25) is 0 Å². The van der Waals surface area contributed by atoms with Gasteiger partial charge in [-0.05, 0) is 35.4 Å². The molecule has 0 radical (unpaired) electrons. The van der Waals surface area contributed by atoms with Gasteiger partial charge in [-0.3, -0.25) is 0 Å². The molecule has 0 fully saturated rings. The van der Waals surface area contributed by atoms with Crippen molar-refractivity contribution in [2.75, 3.05) is 14.2 Å². The van der Waals surface area contributed by atoms with Crippen molar-refractivity contribution in [3.63, 3.8) is 0 Å². The van der Waals surface area contributed by atoms with E-state index in [1.807, 2.05) is 42.5 Å². The van der Waals surface area contributed by atoms with Crippen LogP contribution in [0.25, 0.3) is 11.1 Å². The number of ether oxygens (including phenoxy) is 2. The van der Waals surface area contributed by atoms with Crippen LogP contribution in [0, 0.1) is 0 Å². The standard InChI is InChI=1S/C14H14O2/c1-15-13-8-6-11(7-9-13)12-4-3-5-14(10-12)16-2/h3-10H,1-2H3. The molecule has 2 nitrogen and oxygen atoms in total. The number of rotatable bonds is 3. The van der Waals surface area contributed by atoms with Crippen molar-refractivity contribution >= 4 is 0 Å². The molecule has 2 heteroatoms. The van der Waals surface area contributed by atoms with Gasteiger partial charge in [0.1, 0.15) is 11.5 Å². The van der Waals surface area contributed by atoms with E-state index in [1.165, 1.54) is 0 Å². The van der Waals surface area contributed by atoms with Gasteiger partial charge in [0.2, 0.25) is 0 Å². The second kappa shape index (κ2) is 4.71. The van der Waals surface area contributed by atoms with Gasteiger partial charge in [0.15, 0.2) is 0 Å². The number of benzene rings is 2. The predicted molar refractivity (Wildman–Crippen MR) is 65.0 cm³/mol. The summed E-state index contributed by atoms with van der Waals surface area (Å²) in [7, 11) is 3.34. The average Bonchev–Trinajstić information content (AvgIpc) is 2.39. The smallest absolute Gasteiger partial charge is 0.119 e. The zero-order valence-corrected chi connectivity index (χ0v) is 9.44. The van der Waals surface area contributed by atoms with Crippen molar-refractivity contribution in [1.29, 1.82) is 0 Å². The quantitative estimate of drug-likeness (QED) is 0.779. The molecule has 0 aliphatic rings. The summed E-state index contributed by atoms with van der Waals surface area (Å²) < 4.78 is 10.3. The molecule has 0 atom stereocenters. The van der Waals surface area contributed by atoms with E-state index in [0.29, 0.717) is 0 Å². The Morgan fingerprint density at radius 3 is 2.00 bits per heavy atom. The molecule has 0 spiro atoms. The summed E-state index contributed by atoms with van der Waals surface area (Å²) in [6.07, 6.45) is 0. The van der Waals surface area contributed by atoms with Crippen LogP contribution in [0.5, 0.6) is 11.5 Å². The molecule has 0 N–H and O–H groups in total. The Balaban J connectivity index is 2.34. The Kier molecular flexibility index (Phi) is 3.10. The molecular weight excluding hydrogens is 200 g/mol. The van der Waals surface area contributed by atoms with Crippen LogP contribution in [0.1, 0.15) is 0 Å². The maximum Gasteiger partial charge on any atom is 0.119 e. The lowest BCUT2D eigenvalue weighted by Gasteiger charge is -2.05. The maximum atomic E-state index is 5.20. The van der Waals surface area contributed by atoms with E-state index in [1.54, 1.807) is 14.2 Å². The number of methoxy groups -OCH3 is 2. The summed E-state index contributed by atoms with van der Waals surface area (Å²) in [6.45, 7) is 0. The molecule has 0 bridgehead atoms. The van der Waals surface area contributed by atoms with Crippen LogP contribution < -0.4 is 9.47 Å². The third-order valence-corrected chi connectivity index (χ3v) is 2.49. The Hall–Kier alpha value is -1.96. The van der Waals surface area contributed by atoms with Crippen LogP contribution in [0.15, 0.2) is 48.5 Å². The van der Waals surface area contributed by atoms with Crippen LogP contribution >= 0.6 is 0 Å². The van der Waals surface area contributed by atoms with E-state index in [4.69, 9.17) is 9.47 Å². The largest absolute Gasteiger partial charge is 0.497 e. The molecule has 0 unspecified atom stereocenters. The Morgan fingerprint density at radius 1 is 0.688 bits per heavy atom. The third kappa shape index (κ3) is 2.16. The van der Waals surface area contributed by atoms with Crippen molar-refractivity contribution in [3.8, 4) is 22.6 Å². The van der Waals surface area contributed by atoms with Gasteiger partial charge in [-0.1, -0.05) is 24.3 Å². The van der Waals surface area contributed by atoms with E-state index >= 15 is 0 Å². The normalized spacial score (nSPS) is 9.88. The Bertz CT molecular complexity index is 460. The van der Waals surface area contributed by atoms with E-state index in [9.17, 15) is 0 Å². The van der Waals surface area contributed by atoms with Crippen molar-refractivity contribution in [1.82, 2.24) is 0 Å². The molecule has 0 heterocycles.